The molecule has 0 aliphatic carbocycles. The summed E-state index contributed by atoms with van der Waals surface area (Å²) in [6.07, 6.45) is 1.45. The Bertz CT molecular complexity index is 1180. The molecule has 1 amide bonds. The number of hydrogen-bond donors (Lipinski definition) is 2. The Kier molecular flexibility index (Phi) is 8.38. The van der Waals surface area contributed by atoms with Crippen molar-refractivity contribution in [3.8, 4) is 23.0 Å². The third-order valence-corrected chi connectivity index (χ3v) is 5.44. The third-order valence-electron chi connectivity index (χ3n) is 5.14. The summed E-state index contributed by atoms with van der Waals surface area (Å²) < 4.78 is 17.1. The number of nitrogens with zero attached hydrogens (tertiary/aromatic N) is 1. The van der Waals surface area contributed by atoms with Crippen molar-refractivity contribution in [1.29, 1.82) is 0 Å². The monoisotopic (exact) mass is 482 g/mol. The number of ether oxygens (including phenoxy) is 3. The Labute approximate surface area is 203 Å². The summed E-state index contributed by atoms with van der Waals surface area (Å²) in [5.74, 6) is 1.23. The van der Waals surface area contributed by atoms with Crippen molar-refractivity contribution < 1.29 is 24.1 Å². The predicted molar refractivity (Wildman–Crippen MR) is 133 cm³/mol. The normalized spacial score (nSPS) is 11.0. The van der Waals surface area contributed by atoms with Gasteiger partial charge in [-0.1, -0.05) is 49.7 Å². The van der Waals surface area contributed by atoms with E-state index in [1.165, 1.54) is 37.1 Å². The lowest BCUT2D eigenvalue weighted by molar-refractivity contribution is 0.0955. The molecule has 0 saturated heterocycles. The van der Waals surface area contributed by atoms with Crippen LogP contribution in [0, 0.1) is 0 Å². The first kappa shape index (κ1) is 24.9. The van der Waals surface area contributed by atoms with Crippen LogP contribution in [0.15, 0.2) is 59.7 Å². The largest absolute Gasteiger partial charge is 0.506 e. The molecular formula is C26H27ClN2O5. The van der Waals surface area contributed by atoms with Gasteiger partial charge in [-0.05, 0) is 47.4 Å². The van der Waals surface area contributed by atoms with Gasteiger partial charge in [-0.2, -0.15) is 5.10 Å². The van der Waals surface area contributed by atoms with Gasteiger partial charge >= 0.3 is 0 Å². The second kappa shape index (κ2) is 11.4. The Morgan fingerprint density at radius 2 is 1.79 bits per heavy atom. The van der Waals surface area contributed by atoms with Crippen LogP contribution in [0.4, 0.5) is 0 Å². The second-order valence-corrected chi connectivity index (χ2v) is 8.18. The number of carbonyl (C=O) groups excluding carboxylic acids is 1. The molecule has 0 spiro atoms. The molecule has 7 nitrogen and oxygen atoms in total. The molecule has 0 aliphatic rings. The smallest absolute Gasteiger partial charge is 0.271 e. The molecule has 2 N–H and O–H groups in total. The van der Waals surface area contributed by atoms with Gasteiger partial charge in [0.05, 0.1) is 25.5 Å². The highest BCUT2D eigenvalue weighted by Crippen LogP contribution is 2.40. The van der Waals surface area contributed by atoms with Gasteiger partial charge in [0, 0.05) is 11.1 Å². The highest BCUT2D eigenvalue weighted by atomic mass is 35.5. The van der Waals surface area contributed by atoms with Crippen LogP contribution in [-0.4, -0.2) is 31.4 Å². The lowest BCUT2D eigenvalue weighted by Crippen LogP contribution is -2.17. The van der Waals surface area contributed by atoms with E-state index in [1.807, 2.05) is 12.1 Å². The van der Waals surface area contributed by atoms with E-state index in [-0.39, 0.29) is 16.3 Å². The summed E-state index contributed by atoms with van der Waals surface area (Å²) in [6.45, 7) is 4.62. The third kappa shape index (κ3) is 5.99. The fourth-order valence-electron chi connectivity index (χ4n) is 3.20. The van der Waals surface area contributed by atoms with Crippen molar-refractivity contribution in [3.05, 3.63) is 81.9 Å². The Balaban J connectivity index is 1.77. The van der Waals surface area contributed by atoms with E-state index >= 15 is 0 Å². The number of carbonyl (C=O) groups is 1. The molecule has 3 aromatic carbocycles. The Hall–Kier alpha value is -3.71. The van der Waals surface area contributed by atoms with Gasteiger partial charge in [0.2, 0.25) is 5.75 Å². The van der Waals surface area contributed by atoms with Crippen LogP contribution in [0.2, 0.25) is 5.02 Å². The van der Waals surface area contributed by atoms with Crippen LogP contribution in [0.25, 0.3) is 0 Å². The molecular weight excluding hydrogens is 456 g/mol. The zero-order valence-corrected chi connectivity index (χ0v) is 20.2. The quantitative estimate of drug-likeness (QED) is 0.309. The number of phenolic OH excluding ortho intramolecular Hbond substituents is 1. The summed E-state index contributed by atoms with van der Waals surface area (Å²) in [5.41, 5.74) is 5.53. The minimum atomic E-state index is -0.480. The lowest BCUT2D eigenvalue weighted by Gasteiger charge is -2.16. The molecule has 0 aromatic heterocycles. The van der Waals surface area contributed by atoms with Crippen molar-refractivity contribution in [1.82, 2.24) is 5.43 Å². The van der Waals surface area contributed by atoms with Gasteiger partial charge in [0.25, 0.3) is 5.91 Å². The minimum Gasteiger partial charge on any atom is -0.506 e. The van der Waals surface area contributed by atoms with Gasteiger partial charge in [-0.3, -0.25) is 4.79 Å². The summed E-state index contributed by atoms with van der Waals surface area (Å²) in [6, 6.07) is 15.9. The molecule has 0 aliphatic heterocycles. The van der Waals surface area contributed by atoms with Crippen molar-refractivity contribution in [2.24, 2.45) is 5.10 Å². The molecule has 8 heteroatoms. The summed E-state index contributed by atoms with van der Waals surface area (Å²) in [7, 11) is 3.07. The number of aromatic hydroxyl groups is 1. The van der Waals surface area contributed by atoms with E-state index in [9.17, 15) is 9.90 Å². The Morgan fingerprint density at radius 1 is 1.06 bits per heavy atom. The maximum Gasteiger partial charge on any atom is 0.271 e. The molecule has 178 valence electrons. The topological polar surface area (TPSA) is 89.4 Å². The maximum absolute atomic E-state index is 12.3. The van der Waals surface area contributed by atoms with E-state index in [0.29, 0.717) is 35.3 Å². The fraction of sp³-hybridized carbons (Fsp3) is 0.231. The van der Waals surface area contributed by atoms with Crippen LogP contribution in [0.5, 0.6) is 23.0 Å². The van der Waals surface area contributed by atoms with Crippen molar-refractivity contribution in [2.45, 2.75) is 26.4 Å². The summed E-state index contributed by atoms with van der Waals surface area (Å²) in [4.78, 5) is 12.3. The molecule has 34 heavy (non-hydrogen) atoms. The number of halogens is 1. The number of hydrazone groups is 1. The first-order valence-electron chi connectivity index (χ1n) is 10.6. The van der Waals surface area contributed by atoms with Crippen LogP contribution >= 0.6 is 11.6 Å². The van der Waals surface area contributed by atoms with Gasteiger partial charge < -0.3 is 19.3 Å². The van der Waals surface area contributed by atoms with Crippen molar-refractivity contribution >= 4 is 23.7 Å². The summed E-state index contributed by atoms with van der Waals surface area (Å²) in [5, 5.41) is 13.6. The molecule has 0 radical (unpaired) electrons. The van der Waals surface area contributed by atoms with Crippen LogP contribution in [0.3, 0.4) is 0 Å². The van der Waals surface area contributed by atoms with Crippen LogP contribution in [-0.2, 0) is 6.61 Å². The SMILES string of the molecule is COc1ccc(/C=N/NC(=O)c2ccc(O)c(Cl)c2)c(OC)c1OCc1ccc(C(C)C)cc1. The average molecular weight is 483 g/mol. The van der Waals surface area contributed by atoms with E-state index in [1.54, 1.807) is 19.2 Å². The lowest BCUT2D eigenvalue weighted by atomic mass is 10.0. The maximum atomic E-state index is 12.3. The van der Waals surface area contributed by atoms with Gasteiger partial charge in [-0.15, -0.1) is 0 Å². The van der Waals surface area contributed by atoms with Crippen LogP contribution < -0.4 is 19.6 Å². The molecule has 3 aromatic rings. The zero-order chi connectivity index (χ0) is 24.7. The molecule has 0 fully saturated rings. The second-order valence-electron chi connectivity index (χ2n) is 7.77. The van der Waals surface area contributed by atoms with Crippen molar-refractivity contribution in [3.63, 3.8) is 0 Å². The molecule has 0 heterocycles. The molecule has 0 unspecified atom stereocenters. The number of nitrogens with one attached hydrogen (secondary N) is 1. The number of hydrogen-bond acceptors (Lipinski definition) is 6. The predicted octanol–water partition coefficient (Wildman–Crippen LogP) is 5.53. The van der Waals surface area contributed by atoms with Crippen LogP contribution in [0.1, 0.15) is 46.8 Å². The first-order valence-corrected chi connectivity index (χ1v) is 11.0. The zero-order valence-electron chi connectivity index (χ0n) is 19.5. The highest BCUT2D eigenvalue weighted by molar-refractivity contribution is 6.32. The van der Waals surface area contributed by atoms with E-state index in [4.69, 9.17) is 25.8 Å². The molecule has 3 rings (SSSR count). The number of phenols is 1. The number of methoxy groups -OCH3 is 2. The standard InChI is InChI=1S/C26H27ClN2O5/c1-16(2)18-7-5-17(6-8-18)15-34-25-23(32-3)12-10-20(24(25)33-4)14-28-29-26(31)19-9-11-22(30)21(27)13-19/h5-14,16,30H,15H2,1-4H3,(H,29,31)/b28-14+. The molecule has 0 atom stereocenters. The Morgan fingerprint density at radius 3 is 2.41 bits per heavy atom. The molecule has 0 saturated carbocycles. The minimum absolute atomic E-state index is 0.0779. The van der Waals surface area contributed by atoms with Gasteiger partial charge in [0.15, 0.2) is 11.5 Å². The molecule has 0 bridgehead atoms. The first-order chi connectivity index (χ1) is 16.3. The number of benzene rings is 3. The van der Waals surface area contributed by atoms with E-state index in [2.05, 4.69) is 36.5 Å². The average Bonchev–Trinajstić information content (AvgIpc) is 2.84. The highest BCUT2D eigenvalue weighted by Gasteiger charge is 2.16. The fourth-order valence-corrected chi connectivity index (χ4v) is 3.38. The van der Waals surface area contributed by atoms with E-state index < -0.39 is 5.91 Å². The van der Waals surface area contributed by atoms with Gasteiger partial charge in [-0.25, -0.2) is 5.43 Å². The summed E-state index contributed by atoms with van der Waals surface area (Å²) >= 11 is 5.86. The number of rotatable bonds is 9. The number of amides is 1. The van der Waals surface area contributed by atoms with E-state index in [0.717, 1.165) is 5.56 Å². The van der Waals surface area contributed by atoms with Crippen molar-refractivity contribution in [2.75, 3.05) is 14.2 Å². The van der Waals surface area contributed by atoms with Gasteiger partial charge in [0.1, 0.15) is 12.4 Å².